The van der Waals surface area contributed by atoms with Gasteiger partial charge in [-0.05, 0) is 47.2 Å². The van der Waals surface area contributed by atoms with Gasteiger partial charge in [-0.1, -0.05) is 48.2 Å². The highest BCUT2D eigenvalue weighted by Gasteiger charge is 2.19. The number of rotatable bonds is 6. The number of amides is 1. The van der Waals surface area contributed by atoms with Crippen LogP contribution in [-0.4, -0.2) is 36.3 Å². The van der Waals surface area contributed by atoms with E-state index in [4.69, 9.17) is 0 Å². The van der Waals surface area contributed by atoms with Gasteiger partial charge in [0.1, 0.15) is 0 Å². The van der Waals surface area contributed by atoms with Crippen molar-refractivity contribution in [2.75, 3.05) is 5.32 Å². The summed E-state index contributed by atoms with van der Waals surface area (Å²) in [5.41, 5.74) is 2.68. The number of nitrogens with one attached hydrogen (secondary N) is 1. The number of carbonyl (C=O) groups excluding carboxylic acids is 1. The Kier molecular flexibility index (Phi) is 5.29. The maximum Gasteiger partial charge on any atom is 0.237 e. The van der Waals surface area contributed by atoms with Crippen LogP contribution in [0, 0.1) is 0 Å². The highest BCUT2D eigenvalue weighted by Crippen LogP contribution is 2.25. The molecule has 0 aliphatic heterocycles. The Morgan fingerprint density at radius 3 is 2.82 bits per heavy atom. The van der Waals surface area contributed by atoms with Gasteiger partial charge in [0, 0.05) is 11.6 Å². The van der Waals surface area contributed by atoms with Gasteiger partial charge in [0.15, 0.2) is 0 Å². The first kappa shape index (κ1) is 18.1. The number of benzene rings is 2. The smallest absolute Gasteiger partial charge is 0.237 e. The van der Waals surface area contributed by atoms with E-state index >= 15 is 0 Å². The summed E-state index contributed by atoms with van der Waals surface area (Å²) in [6, 6.07) is 19.4. The highest BCUT2D eigenvalue weighted by molar-refractivity contribution is 8.00. The molecule has 0 saturated heterocycles. The van der Waals surface area contributed by atoms with Crippen molar-refractivity contribution in [2.45, 2.75) is 23.9 Å². The highest BCUT2D eigenvalue weighted by atomic mass is 32.2. The molecule has 0 bridgehead atoms. The van der Waals surface area contributed by atoms with Gasteiger partial charge >= 0.3 is 0 Å². The second-order valence-corrected chi connectivity index (χ2v) is 7.54. The van der Waals surface area contributed by atoms with Crippen LogP contribution in [0.25, 0.3) is 10.9 Å². The van der Waals surface area contributed by atoms with Gasteiger partial charge in [0.25, 0.3) is 0 Å². The zero-order valence-electron chi connectivity index (χ0n) is 15.2. The number of hydrogen-bond acceptors (Lipinski definition) is 6. The van der Waals surface area contributed by atoms with Crippen LogP contribution in [0.4, 0.5) is 5.69 Å². The maximum atomic E-state index is 12.7. The fourth-order valence-corrected chi connectivity index (χ4v) is 3.58. The maximum absolute atomic E-state index is 12.7. The first-order chi connectivity index (χ1) is 13.7. The Hall–Kier alpha value is -3.26. The van der Waals surface area contributed by atoms with Gasteiger partial charge in [-0.2, -0.15) is 0 Å². The first-order valence-electron chi connectivity index (χ1n) is 8.82. The van der Waals surface area contributed by atoms with Crippen molar-refractivity contribution < 1.29 is 4.79 Å². The zero-order chi connectivity index (χ0) is 19.3. The molecule has 2 aromatic carbocycles. The lowest BCUT2D eigenvalue weighted by molar-refractivity contribution is -0.115. The Balaban J connectivity index is 1.46. The third-order valence-electron chi connectivity index (χ3n) is 4.23. The number of thioether (sulfide) groups is 1. The fraction of sp³-hybridized carbons (Fsp3) is 0.150. The van der Waals surface area contributed by atoms with Crippen molar-refractivity contribution in [3.05, 3.63) is 72.4 Å². The summed E-state index contributed by atoms with van der Waals surface area (Å²) < 4.78 is 1.70. The van der Waals surface area contributed by atoms with Crippen LogP contribution in [0.5, 0.6) is 0 Å². The minimum atomic E-state index is -0.368. The molecule has 0 aliphatic rings. The topological polar surface area (TPSA) is 85.6 Å². The molecule has 0 spiro atoms. The van der Waals surface area contributed by atoms with Crippen molar-refractivity contribution >= 4 is 34.3 Å². The normalized spacial score (nSPS) is 12.0. The van der Waals surface area contributed by atoms with E-state index in [1.165, 1.54) is 11.8 Å². The molecular formula is C20H18N6OS. The second kappa shape index (κ2) is 8.18. The van der Waals surface area contributed by atoms with Crippen molar-refractivity contribution in [2.24, 2.45) is 0 Å². The van der Waals surface area contributed by atoms with E-state index in [-0.39, 0.29) is 11.2 Å². The van der Waals surface area contributed by atoms with Gasteiger partial charge < -0.3 is 5.32 Å². The Morgan fingerprint density at radius 1 is 1.11 bits per heavy atom. The van der Waals surface area contributed by atoms with E-state index < -0.39 is 0 Å². The first-order valence-corrected chi connectivity index (χ1v) is 9.70. The van der Waals surface area contributed by atoms with Gasteiger partial charge in [-0.25, -0.2) is 4.68 Å². The minimum absolute atomic E-state index is 0.115. The van der Waals surface area contributed by atoms with E-state index in [1.807, 2.05) is 67.6 Å². The standard InChI is InChI=1S/C20H18N6OS/c1-14(19(27)22-18-11-5-10-17-16(18)9-6-12-21-17)28-20-23-24-25-26(20)13-15-7-3-2-4-8-15/h2-12,14H,13H2,1H3,(H,22,27). The Morgan fingerprint density at radius 2 is 1.96 bits per heavy atom. The van der Waals surface area contributed by atoms with E-state index in [1.54, 1.807) is 10.9 Å². The predicted molar refractivity (Wildman–Crippen MR) is 109 cm³/mol. The molecule has 2 aromatic heterocycles. The van der Waals surface area contributed by atoms with Gasteiger partial charge in [-0.3, -0.25) is 9.78 Å². The van der Waals surface area contributed by atoms with Crippen molar-refractivity contribution in [3.8, 4) is 0 Å². The molecule has 7 nitrogen and oxygen atoms in total. The zero-order valence-corrected chi connectivity index (χ0v) is 16.0. The molecule has 1 N–H and O–H groups in total. The molecule has 4 rings (SSSR count). The average molecular weight is 390 g/mol. The molecule has 8 heteroatoms. The lowest BCUT2D eigenvalue weighted by Crippen LogP contribution is -2.23. The monoisotopic (exact) mass is 390 g/mol. The average Bonchev–Trinajstić information content (AvgIpc) is 3.15. The van der Waals surface area contributed by atoms with Crippen molar-refractivity contribution in [1.29, 1.82) is 0 Å². The molecule has 0 aliphatic carbocycles. The van der Waals surface area contributed by atoms with Crippen LogP contribution in [0.3, 0.4) is 0 Å². The van der Waals surface area contributed by atoms with E-state index in [2.05, 4.69) is 25.8 Å². The number of tetrazole rings is 1. The van der Waals surface area contributed by atoms with Gasteiger partial charge in [-0.15, -0.1) is 5.10 Å². The number of hydrogen-bond donors (Lipinski definition) is 1. The summed E-state index contributed by atoms with van der Waals surface area (Å²) in [5.74, 6) is -0.115. The van der Waals surface area contributed by atoms with Crippen LogP contribution < -0.4 is 5.32 Å². The third-order valence-corrected chi connectivity index (χ3v) is 5.30. The third kappa shape index (κ3) is 4.01. The summed E-state index contributed by atoms with van der Waals surface area (Å²) in [6.07, 6.45) is 1.74. The molecule has 0 fully saturated rings. The summed E-state index contributed by atoms with van der Waals surface area (Å²) >= 11 is 1.33. The molecule has 2 heterocycles. The molecular weight excluding hydrogens is 372 g/mol. The number of aromatic nitrogens is 5. The predicted octanol–water partition coefficient (Wildman–Crippen LogP) is 3.39. The molecule has 1 amide bonds. The van der Waals surface area contributed by atoms with Gasteiger partial charge in [0.05, 0.1) is 23.0 Å². The van der Waals surface area contributed by atoms with E-state index in [0.717, 1.165) is 22.2 Å². The van der Waals surface area contributed by atoms with Crippen molar-refractivity contribution in [3.63, 3.8) is 0 Å². The summed E-state index contributed by atoms with van der Waals surface area (Å²) in [5, 5.41) is 16.0. The van der Waals surface area contributed by atoms with E-state index in [0.29, 0.717) is 11.7 Å². The molecule has 4 aromatic rings. The number of pyridine rings is 1. The van der Waals surface area contributed by atoms with Crippen LogP contribution in [0.2, 0.25) is 0 Å². The summed E-state index contributed by atoms with van der Waals surface area (Å²) in [4.78, 5) is 17.0. The largest absolute Gasteiger partial charge is 0.324 e. The van der Waals surface area contributed by atoms with E-state index in [9.17, 15) is 4.79 Å². The SMILES string of the molecule is CC(Sc1nnnn1Cc1ccccc1)C(=O)Nc1cccc2ncccc12. The number of fused-ring (bicyclic) bond motifs is 1. The summed E-state index contributed by atoms with van der Waals surface area (Å²) in [7, 11) is 0. The Labute approximate surface area is 166 Å². The fourth-order valence-electron chi connectivity index (χ4n) is 2.79. The van der Waals surface area contributed by atoms with Crippen LogP contribution >= 0.6 is 11.8 Å². The minimum Gasteiger partial charge on any atom is -0.324 e. The molecule has 1 unspecified atom stereocenters. The second-order valence-electron chi connectivity index (χ2n) is 6.23. The molecule has 140 valence electrons. The molecule has 0 saturated carbocycles. The van der Waals surface area contributed by atoms with Crippen LogP contribution in [0.1, 0.15) is 12.5 Å². The van der Waals surface area contributed by atoms with Gasteiger partial charge in [0.2, 0.25) is 11.1 Å². The quantitative estimate of drug-likeness (QED) is 0.508. The summed E-state index contributed by atoms with van der Waals surface area (Å²) in [6.45, 7) is 2.39. The molecule has 0 radical (unpaired) electrons. The van der Waals surface area contributed by atoms with Crippen molar-refractivity contribution in [1.82, 2.24) is 25.2 Å². The Bertz CT molecular complexity index is 1090. The lowest BCUT2D eigenvalue weighted by atomic mass is 10.2. The number of anilines is 1. The van der Waals surface area contributed by atoms with Crippen LogP contribution in [-0.2, 0) is 11.3 Å². The lowest BCUT2D eigenvalue weighted by Gasteiger charge is -2.13. The number of nitrogens with zero attached hydrogens (tertiary/aromatic N) is 5. The molecule has 1 atom stereocenters. The van der Waals surface area contributed by atoms with Crippen LogP contribution in [0.15, 0.2) is 72.0 Å². The number of carbonyl (C=O) groups is 1. The molecule has 28 heavy (non-hydrogen) atoms.